The van der Waals surface area contributed by atoms with Gasteiger partial charge in [-0.15, -0.1) is 0 Å². The van der Waals surface area contributed by atoms with Crippen LogP contribution in [0.4, 0.5) is 52.7 Å². The van der Waals surface area contributed by atoms with Gasteiger partial charge in [0.1, 0.15) is 36.6 Å². The SMILES string of the molecule is CCC(C)(C)C(=O)O.CCC(C)(C)C(=O)OC(C(F)(F)F)C(F)(F)F.CCC(C)(C)C(=O)OC(C(F)(F)F)C(F)(F)F.CCC(C)(C)C(=O)OC1C2CC3C1OC(=O)C3(C#N)C2.CCC(C)(C)C(=O)OC1C2CC3C1OC(=O)C3(C#N)C2.CCC(C)(C)C(=O)OCCC[Si](O[Si](C)(C)C)(O[Si](C)(C)C)O[Si](C)(C)C.CCC(C)C(=O)OC1C2CC3C1OC(=O)C3(C#N)C2.CCC(C)c1ccc(C(C)(C)C)cc1. The lowest BCUT2D eigenvalue weighted by Gasteiger charge is -2.42. The Hall–Kier alpha value is -7.70. The van der Waals surface area contributed by atoms with Crippen LogP contribution in [0.3, 0.4) is 0 Å². The first kappa shape index (κ1) is 128. The number of halogens is 12. The topological polar surface area (TPSA) is 373 Å². The lowest BCUT2D eigenvalue weighted by Crippen LogP contribution is -2.60. The number of fused-ring (bicyclic) bond motifs is 3. The van der Waals surface area contributed by atoms with E-state index >= 15 is 0 Å². The molecule has 0 aromatic heterocycles. The molecule has 1 N–H and O–H groups in total. The smallest absolute Gasteiger partial charge is 0.469 e. The number of hydrogen-bond donors (Lipinski definition) is 1. The quantitative estimate of drug-likeness (QED) is 0.0237. The van der Waals surface area contributed by atoms with Gasteiger partial charge in [0.05, 0.1) is 63.2 Å². The summed E-state index contributed by atoms with van der Waals surface area (Å²) in [6.45, 7) is 65.2. The summed E-state index contributed by atoms with van der Waals surface area (Å²) in [6, 6.07) is 16.2. The van der Waals surface area contributed by atoms with Crippen molar-refractivity contribution in [2.75, 3.05) is 6.61 Å². The van der Waals surface area contributed by atoms with Crippen LogP contribution in [-0.2, 0) is 108 Å². The summed E-state index contributed by atoms with van der Waals surface area (Å²) >= 11 is 0. The van der Waals surface area contributed by atoms with Gasteiger partial charge in [0.25, 0.3) is 12.2 Å². The molecular weight excluding hydrogens is 1950 g/mol. The number of rotatable bonds is 31. The fourth-order valence-corrected chi connectivity index (χ4v) is 31.3. The molecule has 9 aliphatic rings. The molecule has 3 saturated heterocycles. The molecule has 0 radical (unpaired) electrons. The van der Waals surface area contributed by atoms with Crippen LogP contribution < -0.4 is 0 Å². The average Bonchev–Trinajstić information content (AvgIpc) is 1.55. The monoisotopic (exact) mass is 2110 g/mol. The van der Waals surface area contributed by atoms with Gasteiger partial charge in [-0.3, -0.25) is 47.9 Å². The second-order valence-corrected chi connectivity index (χ2v) is 63.4. The minimum absolute atomic E-state index is 0.0638. The lowest BCUT2D eigenvalue weighted by atomic mass is 9.74. The van der Waals surface area contributed by atoms with E-state index in [1.807, 2.05) is 83.1 Å². The minimum atomic E-state index is -5.67. The lowest BCUT2D eigenvalue weighted by molar-refractivity contribution is -0.316. The average molecular weight is 2110 g/mol. The van der Waals surface area contributed by atoms with E-state index in [2.05, 4.69) is 145 Å². The fourth-order valence-electron chi connectivity index (χ4n) is 16.7. The van der Waals surface area contributed by atoms with Crippen molar-refractivity contribution >= 4 is 93.4 Å². The number of carboxylic acid groups (broad SMARTS) is 1. The van der Waals surface area contributed by atoms with Crippen molar-refractivity contribution in [2.24, 2.45) is 90.2 Å². The van der Waals surface area contributed by atoms with Crippen LogP contribution in [0.2, 0.25) is 65.0 Å². The molecule has 42 heteroatoms. The summed E-state index contributed by atoms with van der Waals surface area (Å²) in [5, 5.41) is 36.3. The number of nitrogens with zero attached hydrogens (tertiary/aromatic N) is 3. The Morgan fingerprint density at radius 2 is 0.697 bits per heavy atom. The van der Waals surface area contributed by atoms with Crippen molar-refractivity contribution in [3.8, 4) is 18.2 Å². The number of carboxylic acids is 1. The second-order valence-electron chi connectivity index (χ2n) is 46.4. The van der Waals surface area contributed by atoms with E-state index in [4.69, 9.17) is 50.6 Å². The largest absolute Gasteiger partial charge is 0.481 e. The van der Waals surface area contributed by atoms with Gasteiger partial charge in [0, 0.05) is 41.6 Å². The molecule has 1 aromatic rings. The number of nitriles is 3. The van der Waals surface area contributed by atoms with Crippen molar-refractivity contribution in [3.05, 3.63) is 35.4 Å². The van der Waals surface area contributed by atoms with E-state index in [9.17, 15) is 116 Å². The predicted molar refractivity (Wildman–Crippen MR) is 511 cm³/mol. The number of benzene rings is 1. The van der Waals surface area contributed by atoms with Crippen LogP contribution in [0.5, 0.6) is 0 Å². The van der Waals surface area contributed by atoms with Gasteiger partial charge in [-0.1, -0.05) is 114 Å². The summed E-state index contributed by atoms with van der Waals surface area (Å²) in [5.41, 5.74) is -4.59. The Kier molecular flexibility index (Phi) is 43.5. The fraction of sp³-hybridized carbons (Fsp3) is 0.810. The molecule has 10 rings (SSSR count). The van der Waals surface area contributed by atoms with Crippen LogP contribution in [-0.4, -0.2) is 179 Å². The molecule has 810 valence electrons. The number of alkyl halides is 12. The zero-order chi connectivity index (χ0) is 111. The molecule has 6 saturated carbocycles. The van der Waals surface area contributed by atoms with Gasteiger partial charge in [0.15, 0.2) is 41.2 Å². The number of carbonyl (C=O) groups excluding carboxylic acids is 9. The molecule has 0 amide bonds. The van der Waals surface area contributed by atoms with E-state index < -0.39 is 174 Å². The maximum Gasteiger partial charge on any atom is 0.469 e. The maximum atomic E-state index is 12.2. The van der Waals surface area contributed by atoms with Gasteiger partial charge in [0.2, 0.25) is 0 Å². The third kappa shape index (κ3) is 32.6. The van der Waals surface area contributed by atoms with E-state index in [0.717, 1.165) is 32.1 Å². The Morgan fingerprint density at radius 1 is 0.423 bits per heavy atom. The molecule has 3 aliphatic heterocycles. The van der Waals surface area contributed by atoms with Crippen LogP contribution >= 0.6 is 0 Å². The number of hydrogen-bond acceptors (Lipinski definition) is 25. The van der Waals surface area contributed by atoms with E-state index in [-0.39, 0.29) is 102 Å². The molecule has 1 aromatic carbocycles. The van der Waals surface area contributed by atoms with E-state index in [1.54, 1.807) is 13.8 Å². The highest BCUT2D eigenvalue weighted by Crippen LogP contribution is 2.65. The van der Waals surface area contributed by atoms with Crippen LogP contribution in [0.25, 0.3) is 0 Å². The van der Waals surface area contributed by atoms with Gasteiger partial charge in [-0.05, 0) is 261 Å². The van der Waals surface area contributed by atoms with Gasteiger partial charge in [-0.2, -0.15) is 68.5 Å². The van der Waals surface area contributed by atoms with Crippen LogP contribution in [0.15, 0.2) is 24.3 Å². The normalized spacial score (nSPS) is 25.6. The summed E-state index contributed by atoms with van der Waals surface area (Å²) < 4.78 is 210. The second kappa shape index (κ2) is 48.1. The Bertz CT molecular complexity index is 4410. The van der Waals surface area contributed by atoms with Crippen molar-refractivity contribution in [3.63, 3.8) is 0 Å². The molecule has 17 atom stereocenters. The highest BCUT2D eigenvalue weighted by molar-refractivity contribution is 6.90. The van der Waals surface area contributed by atoms with Crippen molar-refractivity contribution in [1.29, 1.82) is 15.8 Å². The molecule has 17 unspecified atom stereocenters. The zero-order valence-electron chi connectivity index (χ0n) is 89.4. The summed E-state index contributed by atoms with van der Waals surface area (Å²) in [7, 11) is -8.42. The summed E-state index contributed by atoms with van der Waals surface area (Å²) in [6.07, 6.45) is -23.9. The van der Waals surface area contributed by atoms with E-state index in [1.165, 1.54) is 59.1 Å². The van der Waals surface area contributed by atoms with Gasteiger partial charge < -0.3 is 60.1 Å². The van der Waals surface area contributed by atoms with Gasteiger partial charge >= 0.3 is 93.2 Å². The number of ether oxygens (including phenoxy) is 9. The number of carbonyl (C=O) groups is 10. The Morgan fingerprint density at radius 3 is 0.930 bits per heavy atom. The summed E-state index contributed by atoms with van der Waals surface area (Å²) in [4.78, 5) is 117. The van der Waals surface area contributed by atoms with Crippen molar-refractivity contribution < 1.29 is 161 Å². The number of aliphatic carboxylic acids is 1. The summed E-state index contributed by atoms with van der Waals surface area (Å²) in [5.74, 6) is -5.43. The molecule has 9 fully saturated rings. The van der Waals surface area contributed by atoms with E-state index in [0.29, 0.717) is 63.5 Å². The highest BCUT2D eigenvalue weighted by Gasteiger charge is 2.76. The third-order valence-corrected chi connectivity index (χ3v) is 40.6. The number of esters is 9. The first-order valence-corrected chi connectivity index (χ1v) is 61.1. The molecule has 3 heterocycles. The first-order chi connectivity index (χ1) is 64.1. The first-order valence-electron chi connectivity index (χ1n) is 48.9. The molecular formula is C100H157F12N3O23Si4. The zero-order valence-corrected chi connectivity index (χ0v) is 93.4. The molecule has 0 spiro atoms. The molecule has 142 heavy (non-hydrogen) atoms. The Balaban J connectivity index is 0.000000423. The van der Waals surface area contributed by atoms with Crippen molar-refractivity contribution in [1.82, 2.24) is 0 Å². The third-order valence-electron chi connectivity index (χ3n) is 28.5. The van der Waals surface area contributed by atoms with Crippen LogP contribution in [0.1, 0.15) is 286 Å². The van der Waals surface area contributed by atoms with Crippen LogP contribution in [0, 0.1) is 124 Å². The standard InChI is InChI=1S/C18H44O5Si4.2C15H19NO4.C14H17NO4.C14H22.2C9H12F6O2.C6H12O2/c1-13-18(2,3)17(19)20-15-14-16-27(21-24(4,5)6,22-25(7,8)9)23-26(10,11)12;2*1-4-14(2,3)12(17)19-10-8-5-9-11(10)20-13(18)15(9,6-8)7-16;1-3-7(2)12(16)18-10-8-4-9-11(10)19-13(17)14(9,5-8)6-15;1-6-11(2)12-7-9-13(10-8-12)14(3,4)5;2*1-4-7(2,3)6(16)17-5(8(10,11)12)9(13,14)15;1-4-6(2,3)5(7)8/h13-16H2,1-12H3;2*8-11H,4-6H2,1-3H3;7-11H,3-5H2,1-2H3;7-11H,6H2,1-5H3;2*5H,4H2,1-3H3;4H2,1-3H3,(H,7,8). The predicted octanol–water partition coefficient (Wildman–Crippen LogP) is 23.8. The Labute approximate surface area is 835 Å². The molecule has 6 bridgehead atoms. The molecule has 6 aliphatic carbocycles. The van der Waals surface area contributed by atoms with Crippen molar-refractivity contribution in [2.45, 2.75) is 419 Å². The highest BCUT2D eigenvalue weighted by atomic mass is 28.5. The maximum absolute atomic E-state index is 12.2. The molecule has 26 nitrogen and oxygen atoms in total. The minimum Gasteiger partial charge on any atom is -0.481 e. The van der Waals surface area contributed by atoms with Gasteiger partial charge in [-0.25, -0.2) is 0 Å².